The molecule has 122 valence electrons. The molecule has 7 heteroatoms. The first-order valence-electron chi connectivity index (χ1n) is 6.90. The second-order valence-corrected chi connectivity index (χ2v) is 6.88. The van der Waals surface area contributed by atoms with E-state index in [2.05, 4.69) is 10.0 Å². The molecule has 2 aromatic rings. The molecule has 0 aliphatic rings. The Bertz CT molecular complexity index is 818. The van der Waals surface area contributed by atoms with E-state index in [1.165, 1.54) is 37.4 Å². The predicted molar refractivity (Wildman–Crippen MR) is 85.0 cm³/mol. The molecule has 23 heavy (non-hydrogen) atoms. The van der Waals surface area contributed by atoms with Crippen molar-refractivity contribution in [2.45, 2.75) is 18.4 Å². The fraction of sp³-hybridized carbons (Fsp3) is 0.188. The summed E-state index contributed by atoms with van der Waals surface area (Å²) >= 11 is 0. The molecule has 0 aromatic heterocycles. The van der Waals surface area contributed by atoms with Gasteiger partial charge in [-0.25, -0.2) is 17.5 Å². The van der Waals surface area contributed by atoms with Gasteiger partial charge in [-0.1, -0.05) is 12.1 Å². The maximum Gasteiger partial charge on any atom is 0.251 e. The molecule has 0 aliphatic carbocycles. The van der Waals surface area contributed by atoms with Crippen LogP contribution in [0.5, 0.6) is 0 Å². The molecule has 2 rings (SSSR count). The van der Waals surface area contributed by atoms with Crippen molar-refractivity contribution in [1.82, 2.24) is 10.0 Å². The number of hydrogen-bond donors (Lipinski definition) is 2. The topological polar surface area (TPSA) is 75.3 Å². The first-order chi connectivity index (χ1) is 10.8. The van der Waals surface area contributed by atoms with Crippen LogP contribution in [0.1, 0.15) is 21.5 Å². The number of sulfonamides is 1. The average molecular weight is 336 g/mol. The number of halogens is 1. The van der Waals surface area contributed by atoms with Gasteiger partial charge in [-0.2, -0.15) is 0 Å². The maximum absolute atomic E-state index is 13.2. The van der Waals surface area contributed by atoms with E-state index in [1.807, 2.05) is 0 Å². The van der Waals surface area contributed by atoms with Gasteiger partial charge in [0.2, 0.25) is 10.0 Å². The Kier molecular flexibility index (Phi) is 5.12. The molecule has 0 saturated carbocycles. The number of hydrogen-bond acceptors (Lipinski definition) is 3. The van der Waals surface area contributed by atoms with Crippen LogP contribution in [0.4, 0.5) is 4.39 Å². The van der Waals surface area contributed by atoms with E-state index < -0.39 is 10.0 Å². The smallest absolute Gasteiger partial charge is 0.251 e. The van der Waals surface area contributed by atoms with E-state index >= 15 is 0 Å². The highest BCUT2D eigenvalue weighted by atomic mass is 32.2. The van der Waals surface area contributed by atoms with Gasteiger partial charge in [0.05, 0.1) is 4.90 Å². The first-order valence-corrected chi connectivity index (χ1v) is 8.38. The summed E-state index contributed by atoms with van der Waals surface area (Å²) in [5, 5.41) is 2.71. The third-order valence-electron chi connectivity index (χ3n) is 3.37. The number of amides is 1. The van der Waals surface area contributed by atoms with Crippen LogP contribution in [-0.4, -0.2) is 21.4 Å². The van der Waals surface area contributed by atoms with Crippen LogP contribution in [0.3, 0.4) is 0 Å². The Balaban J connectivity index is 2.05. The Hall–Kier alpha value is -2.25. The van der Waals surface area contributed by atoms with Crippen molar-refractivity contribution in [2.24, 2.45) is 0 Å². The lowest BCUT2D eigenvalue weighted by Gasteiger charge is -2.08. The van der Waals surface area contributed by atoms with Crippen molar-refractivity contribution >= 4 is 15.9 Å². The normalized spacial score (nSPS) is 11.3. The molecule has 5 nitrogen and oxygen atoms in total. The lowest BCUT2D eigenvalue weighted by Crippen LogP contribution is -2.23. The third-order valence-corrected chi connectivity index (χ3v) is 4.80. The van der Waals surface area contributed by atoms with Gasteiger partial charge in [-0.05, 0) is 55.4 Å². The van der Waals surface area contributed by atoms with Crippen LogP contribution in [0.15, 0.2) is 47.4 Å². The van der Waals surface area contributed by atoms with Crippen LogP contribution >= 0.6 is 0 Å². The van der Waals surface area contributed by atoms with Crippen molar-refractivity contribution in [3.8, 4) is 0 Å². The second-order valence-electron chi connectivity index (χ2n) is 5.00. The molecule has 0 saturated heterocycles. The van der Waals surface area contributed by atoms with Crippen LogP contribution in [0.25, 0.3) is 0 Å². The quantitative estimate of drug-likeness (QED) is 0.876. The van der Waals surface area contributed by atoms with E-state index in [0.29, 0.717) is 11.1 Å². The molecule has 2 N–H and O–H groups in total. The average Bonchev–Trinajstić information content (AvgIpc) is 2.55. The Morgan fingerprint density at radius 2 is 1.78 bits per heavy atom. The first kappa shape index (κ1) is 17.1. The largest absolute Gasteiger partial charge is 0.348 e. The molecular weight excluding hydrogens is 319 g/mol. The van der Waals surface area contributed by atoms with E-state index in [-0.39, 0.29) is 23.2 Å². The van der Waals surface area contributed by atoms with Crippen LogP contribution < -0.4 is 10.0 Å². The summed E-state index contributed by atoms with van der Waals surface area (Å²) in [6.07, 6.45) is 0. The molecule has 0 atom stereocenters. The number of rotatable bonds is 5. The minimum atomic E-state index is -3.52. The van der Waals surface area contributed by atoms with Gasteiger partial charge in [-0.3, -0.25) is 4.79 Å². The summed E-state index contributed by atoms with van der Waals surface area (Å²) in [5.41, 5.74) is 1.64. The van der Waals surface area contributed by atoms with E-state index in [9.17, 15) is 17.6 Å². The molecule has 0 spiro atoms. The highest BCUT2D eigenvalue weighted by Crippen LogP contribution is 2.11. The summed E-state index contributed by atoms with van der Waals surface area (Å²) in [6.45, 7) is 1.91. The molecule has 1 amide bonds. The molecule has 0 aliphatic heterocycles. The lowest BCUT2D eigenvalue weighted by atomic mass is 10.1. The summed E-state index contributed by atoms with van der Waals surface area (Å²) < 4.78 is 38.6. The summed E-state index contributed by atoms with van der Waals surface area (Å²) in [6, 6.07) is 10.2. The van der Waals surface area contributed by atoms with Crippen LogP contribution in [-0.2, 0) is 16.6 Å². The molecular formula is C16H17FN2O3S. The number of benzene rings is 2. The Morgan fingerprint density at radius 3 is 2.35 bits per heavy atom. The van der Waals surface area contributed by atoms with Crippen molar-refractivity contribution < 1.29 is 17.6 Å². The van der Waals surface area contributed by atoms with E-state index in [1.54, 1.807) is 19.1 Å². The lowest BCUT2D eigenvalue weighted by molar-refractivity contribution is 0.0951. The third kappa shape index (κ3) is 4.14. The number of aryl methyl sites for hydroxylation is 1. The molecule has 0 fully saturated rings. The minimum Gasteiger partial charge on any atom is -0.348 e. The zero-order chi connectivity index (χ0) is 17.0. The summed E-state index contributed by atoms with van der Waals surface area (Å²) in [4.78, 5) is 12.1. The molecule has 2 aromatic carbocycles. The Morgan fingerprint density at radius 1 is 1.13 bits per heavy atom. The zero-order valence-electron chi connectivity index (χ0n) is 12.8. The van der Waals surface area contributed by atoms with Crippen molar-refractivity contribution in [2.75, 3.05) is 7.05 Å². The molecule has 0 heterocycles. The minimum absolute atomic E-state index is 0.0886. The maximum atomic E-state index is 13.2. The molecule has 0 unspecified atom stereocenters. The van der Waals surface area contributed by atoms with Gasteiger partial charge in [0, 0.05) is 12.1 Å². The van der Waals surface area contributed by atoms with Gasteiger partial charge in [0.15, 0.2) is 0 Å². The standard InChI is InChI=1S/C16H17FN2O3S/c1-11-9-12(3-8-15(11)17)10-19-16(20)13-4-6-14(7-5-13)23(21,22)18-2/h3-9,18H,10H2,1-2H3,(H,19,20). The number of carbonyl (C=O) groups excluding carboxylic acids is 1. The SMILES string of the molecule is CNS(=O)(=O)c1ccc(C(=O)NCc2ccc(F)c(C)c2)cc1. The fourth-order valence-electron chi connectivity index (χ4n) is 2.00. The number of nitrogens with one attached hydrogen (secondary N) is 2. The summed E-state index contributed by atoms with van der Waals surface area (Å²) in [5.74, 6) is -0.623. The van der Waals surface area contributed by atoms with E-state index in [0.717, 1.165) is 5.56 Å². The van der Waals surface area contributed by atoms with Gasteiger partial charge >= 0.3 is 0 Å². The number of carbonyl (C=O) groups is 1. The monoisotopic (exact) mass is 336 g/mol. The second kappa shape index (κ2) is 6.89. The highest BCUT2D eigenvalue weighted by molar-refractivity contribution is 7.89. The zero-order valence-corrected chi connectivity index (χ0v) is 13.6. The van der Waals surface area contributed by atoms with Crippen LogP contribution in [0, 0.1) is 12.7 Å². The molecule has 0 bridgehead atoms. The van der Waals surface area contributed by atoms with Gasteiger partial charge in [-0.15, -0.1) is 0 Å². The Labute approximate surface area is 134 Å². The van der Waals surface area contributed by atoms with Crippen molar-refractivity contribution in [3.63, 3.8) is 0 Å². The van der Waals surface area contributed by atoms with Crippen LogP contribution in [0.2, 0.25) is 0 Å². The van der Waals surface area contributed by atoms with Gasteiger partial charge in [0.25, 0.3) is 5.91 Å². The summed E-state index contributed by atoms with van der Waals surface area (Å²) in [7, 11) is -2.20. The molecule has 0 radical (unpaired) electrons. The van der Waals surface area contributed by atoms with Gasteiger partial charge in [0.1, 0.15) is 5.82 Å². The van der Waals surface area contributed by atoms with Crippen molar-refractivity contribution in [3.05, 3.63) is 65.0 Å². The van der Waals surface area contributed by atoms with Crippen molar-refractivity contribution in [1.29, 1.82) is 0 Å². The van der Waals surface area contributed by atoms with Gasteiger partial charge < -0.3 is 5.32 Å². The predicted octanol–water partition coefficient (Wildman–Crippen LogP) is 1.97. The van der Waals surface area contributed by atoms with E-state index in [4.69, 9.17) is 0 Å². The highest BCUT2D eigenvalue weighted by Gasteiger charge is 2.12. The fourth-order valence-corrected chi connectivity index (χ4v) is 2.73.